The summed E-state index contributed by atoms with van der Waals surface area (Å²) in [7, 11) is 2.00. The Balaban J connectivity index is 3.54. The predicted molar refractivity (Wildman–Crippen MR) is 48.3 cm³/mol. The molecule has 0 unspecified atom stereocenters. The second kappa shape index (κ2) is 5.56. The smallest absolute Gasteiger partial charge is 0.0656 e. The molecule has 68 valence electrons. The first kappa shape index (κ1) is 10.9. The molecule has 0 aliphatic rings. The van der Waals surface area contributed by atoms with Gasteiger partial charge in [-0.2, -0.15) is 5.06 Å². The van der Waals surface area contributed by atoms with Crippen molar-refractivity contribution < 1.29 is 4.84 Å². The van der Waals surface area contributed by atoms with Gasteiger partial charge in [-0.15, -0.1) is 0 Å². The van der Waals surface area contributed by atoms with Crippen molar-refractivity contribution in [1.29, 1.82) is 0 Å². The second-order valence-corrected chi connectivity index (χ2v) is 3.44. The molecule has 1 atom stereocenters. The highest BCUT2D eigenvalue weighted by Gasteiger charge is 2.10. The number of hydrogen-bond donors (Lipinski definition) is 0. The molecular formula is C9H21NO. The molecule has 0 spiro atoms. The van der Waals surface area contributed by atoms with Crippen molar-refractivity contribution in [2.24, 2.45) is 5.92 Å². The molecule has 0 aliphatic carbocycles. The largest absolute Gasteiger partial charge is 0.299 e. The highest BCUT2D eigenvalue weighted by molar-refractivity contribution is 4.58. The quantitative estimate of drug-likeness (QED) is 0.571. The topological polar surface area (TPSA) is 12.5 Å². The van der Waals surface area contributed by atoms with E-state index in [0.717, 1.165) is 12.5 Å². The standard InChI is InChI=1S/C9H21NO/c1-6-11-10(5)9(4)7-8(2)3/h8-9H,6-7H2,1-5H3/t9-/m1/s1. The van der Waals surface area contributed by atoms with Crippen LogP contribution in [0.2, 0.25) is 0 Å². The monoisotopic (exact) mass is 159 g/mol. The van der Waals surface area contributed by atoms with Crippen LogP contribution in [0.4, 0.5) is 0 Å². The summed E-state index contributed by atoms with van der Waals surface area (Å²) in [5.74, 6) is 0.743. The van der Waals surface area contributed by atoms with E-state index in [1.54, 1.807) is 0 Å². The minimum Gasteiger partial charge on any atom is -0.299 e. The third kappa shape index (κ3) is 5.22. The molecular weight excluding hydrogens is 138 g/mol. The fourth-order valence-corrected chi connectivity index (χ4v) is 1.16. The Labute approximate surface area is 70.5 Å². The summed E-state index contributed by atoms with van der Waals surface area (Å²) in [4.78, 5) is 5.34. The second-order valence-electron chi connectivity index (χ2n) is 3.44. The summed E-state index contributed by atoms with van der Waals surface area (Å²) in [6.45, 7) is 9.43. The van der Waals surface area contributed by atoms with Crippen molar-refractivity contribution in [3.63, 3.8) is 0 Å². The van der Waals surface area contributed by atoms with E-state index in [1.807, 2.05) is 19.0 Å². The molecule has 0 heterocycles. The first-order chi connectivity index (χ1) is 5.07. The summed E-state index contributed by atoms with van der Waals surface area (Å²) in [5, 5.41) is 1.94. The van der Waals surface area contributed by atoms with E-state index >= 15 is 0 Å². The Hall–Kier alpha value is -0.0800. The number of hydrogen-bond acceptors (Lipinski definition) is 2. The van der Waals surface area contributed by atoms with E-state index < -0.39 is 0 Å². The maximum absolute atomic E-state index is 5.34. The molecule has 0 aromatic rings. The van der Waals surface area contributed by atoms with E-state index in [9.17, 15) is 0 Å². The highest BCUT2D eigenvalue weighted by atomic mass is 16.7. The number of nitrogens with zero attached hydrogens (tertiary/aromatic N) is 1. The lowest BCUT2D eigenvalue weighted by molar-refractivity contribution is -0.162. The zero-order valence-corrected chi connectivity index (χ0v) is 8.42. The van der Waals surface area contributed by atoms with Crippen LogP contribution < -0.4 is 0 Å². The summed E-state index contributed by atoms with van der Waals surface area (Å²) in [5.41, 5.74) is 0. The van der Waals surface area contributed by atoms with Crippen LogP contribution in [0.1, 0.15) is 34.1 Å². The van der Waals surface area contributed by atoms with Crippen molar-refractivity contribution in [1.82, 2.24) is 5.06 Å². The van der Waals surface area contributed by atoms with Crippen molar-refractivity contribution in [2.75, 3.05) is 13.7 Å². The van der Waals surface area contributed by atoms with Gasteiger partial charge in [0.05, 0.1) is 6.61 Å². The molecule has 0 aliphatic heterocycles. The summed E-state index contributed by atoms with van der Waals surface area (Å²) in [6.07, 6.45) is 1.19. The van der Waals surface area contributed by atoms with E-state index in [1.165, 1.54) is 6.42 Å². The zero-order chi connectivity index (χ0) is 8.85. The van der Waals surface area contributed by atoms with Gasteiger partial charge in [-0.25, -0.2) is 0 Å². The van der Waals surface area contributed by atoms with Crippen LogP contribution in [-0.2, 0) is 4.84 Å². The van der Waals surface area contributed by atoms with Crippen LogP contribution in [0.25, 0.3) is 0 Å². The molecule has 0 rings (SSSR count). The normalized spacial score (nSPS) is 14.5. The van der Waals surface area contributed by atoms with Crippen LogP contribution >= 0.6 is 0 Å². The van der Waals surface area contributed by atoms with Gasteiger partial charge in [0.15, 0.2) is 0 Å². The minimum atomic E-state index is 0.523. The first-order valence-electron chi connectivity index (χ1n) is 4.43. The maximum Gasteiger partial charge on any atom is 0.0656 e. The Morgan fingerprint density at radius 2 is 1.82 bits per heavy atom. The van der Waals surface area contributed by atoms with Gasteiger partial charge in [0.25, 0.3) is 0 Å². The van der Waals surface area contributed by atoms with Gasteiger partial charge in [0.1, 0.15) is 0 Å². The van der Waals surface area contributed by atoms with Gasteiger partial charge >= 0.3 is 0 Å². The van der Waals surface area contributed by atoms with Crippen molar-refractivity contribution in [3.8, 4) is 0 Å². The van der Waals surface area contributed by atoms with Gasteiger partial charge in [0.2, 0.25) is 0 Å². The molecule has 2 nitrogen and oxygen atoms in total. The molecule has 0 bridgehead atoms. The first-order valence-corrected chi connectivity index (χ1v) is 4.43. The van der Waals surface area contributed by atoms with Gasteiger partial charge in [0, 0.05) is 13.1 Å². The number of hydroxylamine groups is 2. The molecule has 11 heavy (non-hydrogen) atoms. The SMILES string of the molecule is CCON(C)[C@H](C)CC(C)C. The Kier molecular flexibility index (Phi) is 5.51. The third-order valence-corrected chi connectivity index (χ3v) is 1.77. The molecule has 0 fully saturated rings. The summed E-state index contributed by atoms with van der Waals surface area (Å²) >= 11 is 0. The average Bonchev–Trinajstić information content (AvgIpc) is 1.86. The van der Waals surface area contributed by atoms with Crippen LogP contribution in [0, 0.1) is 5.92 Å². The molecule has 0 aromatic carbocycles. The van der Waals surface area contributed by atoms with Gasteiger partial charge in [-0.05, 0) is 26.2 Å². The molecule has 0 amide bonds. The van der Waals surface area contributed by atoms with Crippen LogP contribution in [-0.4, -0.2) is 24.8 Å². The van der Waals surface area contributed by atoms with E-state index in [2.05, 4.69) is 20.8 Å². The fraction of sp³-hybridized carbons (Fsp3) is 1.00. The Morgan fingerprint density at radius 3 is 2.18 bits per heavy atom. The minimum absolute atomic E-state index is 0.523. The van der Waals surface area contributed by atoms with Crippen LogP contribution in [0.3, 0.4) is 0 Å². The Bertz CT molecular complexity index is 93.6. The lowest BCUT2D eigenvalue weighted by Crippen LogP contribution is -2.30. The number of rotatable bonds is 5. The van der Waals surface area contributed by atoms with E-state index in [-0.39, 0.29) is 0 Å². The molecule has 0 saturated carbocycles. The van der Waals surface area contributed by atoms with Gasteiger partial charge < -0.3 is 0 Å². The highest BCUT2D eigenvalue weighted by Crippen LogP contribution is 2.09. The van der Waals surface area contributed by atoms with Gasteiger partial charge in [-0.1, -0.05) is 13.8 Å². The van der Waals surface area contributed by atoms with Crippen LogP contribution in [0.15, 0.2) is 0 Å². The Morgan fingerprint density at radius 1 is 1.27 bits per heavy atom. The summed E-state index contributed by atoms with van der Waals surface area (Å²) in [6, 6.07) is 0.523. The predicted octanol–water partition coefficient (Wildman–Crippen LogP) is 2.30. The van der Waals surface area contributed by atoms with Crippen molar-refractivity contribution in [2.45, 2.75) is 40.2 Å². The van der Waals surface area contributed by atoms with E-state index in [4.69, 9.17) is 4.84 Å². The van der Waals surface area contributed by atoms with Crippen LogP contribution in [0.5, 0.6) is 0 Å². The molecule has 0 N–H and O–H groups in total. The summed E-state index contributed by atoms with van der Waals surface area (Å²) < 4.78 is 0. The molecule has 0 saturated heterocycles. The lowest BCUT2D eigenvalue weighted by Gasteiger charge is -2.24. The van der Waals surface area contributed by atoms with E-state index in [0.29, 0.717) is 6.04 Å². The molecule has 0 aromatic heterocycles. The lowest BCUT2D eigenvalue weighted by atomic mass is 10.1. The molecule has 0 radical (unpaired) electrons. The van der Waals surface area contributed by atoms with Gasteiger partial charge in [-0.3, -0.25) is 4.84 Å². The average molecular weight is 159 g/mol. The van der Waals surface area contributed by atoms with Crippen molar-refractivity contribution >= 4 is 0 Å². The third-order valence-electron chi connectivity index (χ3n) is 1.77. The molecule has 2 heteroatoms. The van der Waals surface area contributed by atoms with Crippen molar-refractivity contribution in [3.05, 3.63) is 0 Å². The fourth-order valence-electron chi connectivity index (χ4n) is 1.16. The maximum atomic E-state index is 5.34. The zero-order valence-electron chi connectivity index (χ0n) is 8.42.